The van der Waals surface area contributed by atoms with Gasteiger partial charge in [-0.3, -0.25) is 9.89 Å². The van der Waals surface area contributed by atoms with Gasteiger partial charge in [0, 0.05) is 32.9 Å². The van der Waals surface area contributed by atoms with E-state index in [0.29, 0.717) is 11.1 Å². The largest absolute Gasteiger partial charge is 0.356 e. The van der Waals surface area contributed by atoms with Crippen LogP contribution in [0, 0.1) is 12.8 Å². The zero-order valence-electron chi connectivity index (χ0n) is 17.9. The van der Waals surface area contributed by atoms with Crippen molar-refractivity contribution in [2.45, 2.75) is 32.7 Å². The maximum atomic E-state index is 5.83. The molecule has 3 rings (SSSR count). The van der Waals surface area contributed by atoms with Crippen LogP contribution in [0.15, 0.2) is 47.6 Å². The Kier molecular flexibility index (Phi) is 10.9. The molecule has 164 valence electrons. The number of piperidine rings is 1. The lowest BCUT2D eigenvalue weighted by molar-refractivity contribution is 0.178. The summed E-state index contributed by atoms with van der Waals surface area (Å²) in [6, 6.07) is 12.7. The predicted molar refractivity (Wildman–Crippen MR) is 137 cm³/mol. The number of hydrogen-bond acceptors (Lipinski definition) is 3. The lowest BCUT2D eigenvalue weighted by atomic mass is 9.96. The van der Waals surface area contributed by atoms with Crippen LogP contribution in [0.5, 0.6) is 0 Å². The molecular formula is C23H33ClIN5. The summed E-state index contributed by atoms with van der Waals surface area (Å²) in [5, 5.41) is 7.41. The summed E-state index contributed by atoms with van der Waals surface area (Å²) in [5.74, 6) is 1.57. The maximum Gasteiger partial charge on any atom is 0.190 e. The summed E-state index contributed by atoms with van der Waals surface area (Å²) in [5.41, 5.74) is 3.90. The minimum absolute atomic E-state index is 0. The Morgan fingerprint density at radius 3 is 2.43 bits per heavy atom. The molecule has 0 unspecified atom stereocenters. The monoisotopic (exact) mass is 541 g/mol. The van der Waals surface area contributed by atoms with Gasteiger partial charge >= 0.3 is 0 Å². The predicted octanol–water partition coefficient (Wildman–Crippen LogP) is 4.28. The fraction of sp³-hybridized carbons (Fsp3) is 0.478. The standard InChI is InChI=1S/C23H32ClN5.HI/c1-18-3-5-21(6-4-18)17-29-13-10-20(11-14-29)16-28-23(25-2)26-12-9-19-7-8-22(24)27-15-19;/h3-8,15,20H,9-14,16-17H2,1-2H3,(H2,25,26,28);1H. The van der Waals surface area contributed by atoms with E-state index in [1.807, 2.05) is 25.4 Å². The topological polar surface area (TPSA) is 52.6 Å². The summed E-state index contributed by atoms with van der Waals surface area (Å²) in [7, 11) is 1.82. The van der Waals surface area contributed by atoms with Gasteiger partial charge in [0.1, 0.15) is 5.15 Å². The van der Waals surface area contributed by atoms with Gasteiger partial charge in [-0.05, 0) is 62.4 Å². The normalized spacial score (nSPS) is 15.5. The molecule has 30 heavy (non-hydrogen) atoms. The molecule has 0 spiro atoms. The number of aliphatic imine (C=N–C) groups is 1. The first-order valence-electron chi connectivity index (χ1n) is 10.4. The third kappa shape index (κ3) is 8.40. The van der Waals surface area contributed by atoms with Crippen LogP contribution >= 0.6 is 35.6 Å². The summed E-state index contributed by atoms with van der Waals surface area (Å²) < 4.78 is 0. The van der Waals surface area contributed by atoms with Crippen LogP contribution in [-0.4, -0.2) is 49.1 Å². The lowest BCUT2D eigenvalue weighted by Crippen LogP contribution is -2.43. The van der Waals surface area contributed by atoms with Crippen molar-refractivity contribution < 1.29 is 0 Å². The second-order valence-corrected chi connectivity index (χ2v) is 8.21. The number of nitrogens with zero attached hydrogens (tertiary/aromatic N) is 3. The number of guanidine groups is 1. The van der Waals surface area contributed by atoms with Crippen LogP contribution in [0.25, 0.3) is 0 Å². The molecule has 1 fully saturated rings. The molecule has 0 saturated carbocycles. The number of halogens is 2. The first-order chi connectivity index (χ1) is 14.1. The van der Waals surface area contributed by atoms with Gasteiger partial charge in [0.2, 0.25) is 0 Å². The van der Waals surface area contributed by atoms with Crippen LogP contribution in [0.4, 0.5) is 0 Å². The van der Waals surface area contributed by atoms with E-state index >= 15 is 0 Å². The second-order valence-electron chi connectivity index (χ2n) is 7.82. The zero-order chi connectivity index (χ0) is 20.5. The molecule has 0 bridgehead atoms. The number of pyridine rings is 1. The fourth-order valence-electron chi connectivity index (χ4n) is 3.64. The van der Waals surface area contributed by atoms with E-state index in [-0.39, 0.29) is 24.0 Å². The van der Waals surface area contributed by atoms with Gasteiger partial charge in [-0.1, -0.05) is 47.5 Å². The number of aromatic nitrogens is 1. The number of aryl methyl sites for hydroxylation is 1. The minimum atomic E-state index is 0. The molecule has 0 amide bonds. The summed E-state index contributed by atoms with van der Waals surface area (Å²) in [6.07, 6.45) is 5.17. The Hall–Kier alpha value is -1.38. The van der Waals surface area contributed by atoms with Crippen LogP contribution < -0.4 is 10.6 Å². The van der Waals surface area contributed by atoms with Gasteiger partial charge in [0.05, 0.1) is 0 Å². The molecule has 2 aromatic rings. The maximum absolute atomic E-state index is 5.83. The smallest absolute Gasteiger partial charge is 0.190 e. The average Bonchev–Trinajstić information content (AvgIpc) is 2.74. The molecule has 0 aliphatic carbocycles. The number of nitrogens with one attached hydrogen (secondary N) is 2. The summed E-state index contributed by atoms with van der Waals surface area (Å²) >= 11 is 5.83. The van der Waals surface area contributed by atoms with Gasteiger partial charge in [-0.2, -0.15) is 0 Å². The quantitative estimate of drug-likeness (QED) is 0.238. The van der Waals surface area contributed by atoms with Crippen molar-refractivity contribution in [1.29, 1.82) is 0 Å². The van der Waals surface area contributed by atoms with Crippen LogP contribution in [0.2, 0.25) is 5.15 Å². The molecule has 1 aromatic heterocycles. The molecule has 1 saturated heterocycles. The molecule has 0 atom stereocenters. The van der Waals surface area contributed by atoms with Crippen molar-refractivity contribution in [3.8, 4) is 0 Å². The SMILES string of the molecule is CN=C(NCCc1ccc(Cl)nc1)NCC1CCN(Cc2ccc(C)cc2)CC1.I. The molecule has 5 nitrogen and oxygen atoms in total. The van der Waals surface area contributed by atoms with Crippen molar-refractivity contribution >= 4 is 41.5 Å². The van der Waals surface area contributed by atoms with E-state index in [1.54, 1.807) is 0 Å². The minimum Gasteiger partial charge on any atom is -0.356 e. The van der Waals surface area contributed by atoms with Gasteiger partial charge in [0.15, 0.2) is 5.96 Å². The van der Waals surface area contributed by atoms with Gasteiger partial charge in [0.25, 0.3) is 0 Å². The summed E-state index contributed by atoms with van der Waals surface area (Å²) in [6.45, 7) is 7.31. The van der Waals surface area contributed by atoms with Gasteiger partial charge < -0.3 is 10.6 Å². The van der Waals surface area contributed by atoms with Crippen LogP contribution in [-0.2, 0) is 13.0 Å². The van der Waals surface area contributed by atoms with E-state index in [2.05, 4.69) is 56.7 Å². The first kappa shape index (κ1) is 24.9. The van der Waals surface area contributed by atoms with Gasteiger partial charge in [-0.15, -0.1) is 24.0 Å². The zero-order valence-corrected chi connectivity index (χ0v) is 21.0. The second kappa shape index (κ2) is 13.1. The third-order valence-electron chi connectivity index (χ3n) is 5.51. The highest BCUT2D eigenvalue weighted by Crippen LogP contribution is 2.18. The lowest BCUT2D eigenvalue weighted by Gasteiger charge is -2.32. The molecule has 2 heterocycles. The number of rotatable bonds is 7. The molecule has 1 aromatic carbocycles. The molecular weight excluding hydrogens is 509 g/mol. The molecule has 1 aliphatic heterocycles. The number of hydrogen-bond donors (Lipinski definition) is 2. The molecule has 0 radical (unpaired) electrons. The van der Waals surface area contributed by atoms with Crippen LogP contribution in [0.1, 0.15) is 29.5 Å². The first-order valence-corrected chi connectivity index (χ1v) is 10.8. The Labute approximate surface area is 202 Å². The fourth-order valence-corrected chi connectivity index (χ4v) is 3.75. The molecule has 2 N–H and O–H groups in total. The van der Waals surface area contributed by atoms with E-state index in [9.17, 15) is 0 Å². The van der Waals surface area contributed by atoms with E-state index in [1.165, 1.54) is 29.5 Å². The number of benzene rings is 1. The Bertz CT molecular complexity index is 771. The molecule has 1 aliphatic rings. The van der Waals surface area contributed by atoms with Crippen molar-refractivity contribution in [3.05, 3.63) is 64.4 Å². The highest BCUT2D eigenvalue weighted by molar-refractivity contribution is 14.0. The van der Waals surface area contributed by atoms with E-state index < -0.39 is 0 Å². The average molecular weight is 542 g/mol. The summed E-state index contributed by atoms with van der Waals surface area (Å²) in [4.78, 5) is 11.0. The molecule has 7 heteroatoms. The highest BCUT2D eigenvalue weighted by atomic mass is 127. The Balaban J connectivity index is 0.00000320. The van der Waals surface area contributed by atoms with E-state index in [0.717, 1.165) is 45.1 Å². The van der Waals surface area contributed by atoms with Crippen LogP contribution in [0.3, 0.4) is 0 Å². The third-order valence-corrected chi connectivity index (χ3v) is 5.73. The Morgan fingerprint density at radius 1 is 1.10 bits per heavy atom. The van der Waals surface area contributed by atoms with Gasteiger partial charge in [-0.25, -0.2) is 4.98 Å². The number of likely N-dealkylation sites (tertiary alicyclic amines) is 1. The van der Waals surface area contributed by atoms with Crippen molar-refractivity contribution in [2.24, 2.45) is 10.9 Å². The van der Waals surface area contributed by atoms with Crippen molar-refractivity contribution in [1.82, 2.24) is 20.5 Å². The van der Waals surface area contributed by atoms with E-state index in [4.69, 9.17) is 11.6 Å². The highest BCUT2D eigenvalue weighted by Gasteiger charge is 2.19. The van der Waals surface area contributed by atoms with Crippen molar-refractivity contribution in [2.75, 3.05) is 33.2 Å². The van der Waals surface area contributed by atoms with Crippen molar-refractivity contribution in [3.63, 3.8) is 0 Å². The Morgan fingerprint density at radius 2 is 1.80 bits per heavy atom.